The van der Waals surface area contributed by atoms with Gasteiger partial charge in [-0.3, -0.25) is 0 Å². The first kappa shape index (κ1) is 19.2. The number of nitrogens with zero attached hydrogens (tertiary/aromatic N) is 3. The molecule has 0 aromatic carbocycles. The van der Waals surface area contributed by atoms with Gasteiger partial charge in [0.15, 0.2) is 0 Å². The summed E-state index contributed by atoms with van der Waals surface area (Å²) in [7, 11) is 0. The third-order valence-corrected chi connectivity index (χ3v) is 5.67. The van der Waals surface area contributed by atoms with Gasteiger partial charge in [0.05, 0.1) is 0 Å². The van der Waals surface area contributed by atoms with Crippen LogP contribution in [-0.4, -0.2) is 73.6 Å². The Morgan fingerprint density at radius 3 is 1.83 bits per heavy atom. The third-order valence-electron chi connectivity index (χ3n) is 5.67. The molecule has 0 aliphatic carbocycles. The summed E-state index contributed by atoms with van der Waals surface area (Å²) in [5, 5.41) is 0. The van der Waals surface area contributed by atoms with E-state index in [0.717, 1.165) is 17.8 Å². The van der Waals surface area contributed by atoms with Gasteiger partial charge in [0.2, 0.25) is 0 Å². The van der Waals surface area contributed by atoms with Crippen molar-refractivity contribution in [2.24, 2.45) is 17.8 Å². The second-order valence-electron chi connectivity index (χ2n) is 8.79. The number of piperazine rings is 1. The van der Waals surface area contributed by atoms with E-state index in [2.05, 4.69) is 42.4 Å². The van der Waals surface area contributed by atoms with Crippen molar-refractivity contribution in [3.8, 4) is 0 Å². The number of hydrogen-bond donors (Lipinski definition) is 0. The van der Waals surface area contributed by atoms with Crippen molar-refractivity contribution < 1.29 is 0 Å². The molecule has 2 heterocycles. The fraction of sp³-hybridized carbons (Fsp3) is 1.00. The minimum absolute atomic E-state index is 0.808. The van der Waals surface area contributed by atoms with Gasteiger partial charge in [-0.25, -0.2) is 0 Å². The maximum absolute atomic E-state index is 2.71. The molecule has 0 radical (unpaired) electrons. The van der Waals surface area contributed by atoms with Crippen molar-refractivity contribution >= 4 is 0 Å². The van der Waals surface area contributed by atoms with Crippen LogP contribution in [0.1, 0.15) is 53.4 Å². The van der Waals surface area contributed by atoms with Gasteiger partial charge in [-0.2, -0.15) is 0 Å². The van der Waals surface area contributed by atoms with Gasteiger partial charge in [0.25, 0.3) is 0 Å². The van der Waals surface area contributed by atoms with Crippen LogP contribution in [0.15, 0.2) is 0 Å². The molecule has 2 aliphatic rings. The van der Waals surface area contributed by atoms with E-state index in [0.29, 0.717) is 0 Å². The molecule has 2 rings (SSSR count). The summed E-state index contributed by atoms with van der Waals surface area (Å²) in [4.78, 5) is 8.05. The minimum atomic E-state index is 0.808. The Labute approximate surface area is 145 Å². The first-order chi connectivity index (χ1) is 11.0. The number of likely N-dealkylation sites (tertiary alicyclic amines) is 1. The van der Waals surface area contributed by atoms with Crippen molar-refractivity contribution in [3.63, 3.8) is 0 Å². The van der Waals surface area contributed by atoms with E-state index in [1.165, 1.54) is 84.6 Å². The highest BCUT2D eigenvalue weighted by molar-refractivity contribution is 4.77. The molecule has 0 bridgehead atoms. The van der Waals surface area contributed by atoms with Crippen LogP contribution in [0.25, 0.3) is 0 Å². The van der Waals surface area contributed by atoms with Crippen molar-refractivity contribution in [2.45, 2.75) is 53.4 Å². The second-order valence-corrected chi connectivity index (χ2v) is 8.79. The molecule has 3 heteroatoms. The van der Waals surface area contributed by atoms with Crippen LogP contribution in [0, 0.1) is 17.8 Å². The van der Waals surface area contributed by atoms with Crippen LogP contribution in [0.2, 0.25) is 0 Å². The zero-order valence-electron chi connectivity index (χ0n) is 16.3. The Morgan fingerprint density at radius 1 is 0.696 bits per heavy atom. The van der Waals surface area contributed by atoms with Crippen LogP contribution >= 0.6 is 0 Å². The molecule has 23 heavy (non-hydrogen) atoms. The SMILES string of the molecule is CC(C)CCN1CCC(CCN2CCN(CC(C)C)CC2)CC1. The summed E-state index contributed by atoms with van der Waals surface area (Å²) in [5.74, 6) is 2.64. The quantitative estimate of drug-likeness (QED) is 0.678. The normalized spacial score (nSPS) is 23.2. The van der Waals surface area contributed by atoms with Crippen molar-refractivity contribution in [1.29, 1.82) is 0 Å². The Morgan fingerprint density at radius 2 is 1.26 bits per heavy atom. The lowest BCUT2D eigenvalue weighted by molar-refractivity contribution is 0.108. The largest absolute Gasteiger partial charge is 0.303 e. The molecule has 3 nitrogen and oxygen atoms in total. The Bertz CT molecular complexity index is 300. The minimum Gasteiger partial charge on any atom is -0.303 e. The molecule has 0 N–H and O–H groups in total. The Hall–Kier alpha value is -0.120. The molecule has 0 aromatic rings. The van der Waals surface area contributed by atoms with E-state index in [1.807, 2.05) is 0 Å². The fourth-order valence-corrected chi connectivity index (χ4v) is 4.02. The Balaban J connectivity index is 1.54. The van der Waals surface area contributed by atoms with Crippen molar-refractivity contribution in [1.82, 2.24) is 14.7 Å². The van der Waals surface area contributed by atoms with E-state index < -0.39 is 0 Å². The summed E-state index contributed by atoms with van der Waals surface area (Å²) in [6.07, 6.45) is 5.67. The average molecular weight is 324 g/mol. The molecule has 0 amide bonds. The highest BCUT2D eigenvalue weighted by Gasteiger charge is 2.21. The zero-order chi connectivity index (χ0) is 16.7. The van der Waals surface area contributed by atoms with Crippen molar-refractivity contribution in [2.75, 3.05) is 58.9 Å². The van der Waals surface area contributed by atoms with Crippen LogP contribution in [0.5, 0.6) is 0 Å². The molecule has 0 aromatic heterocycles. The van der Waals surface area contributed by atoms with Crippen LogP contribution in [0.4, 0.5) is 0 Å². The van der Waals surface area contributed by atoms with Gasteiger partial charge in [-0.15, -0.1) is 0 Å². The maximum atomic E-state index is 2.71. The molecule has 0 spiro atoms. The Kier molecular flexibility index (Phi) is 8.35. The summed E-state index contributed by atoms with van der Waals surface area (Å²) < 4.78 is 0. The third kappa shape index (κ3) is 7.53. The second kappa shape index (κ2) is 10.0. The van der Waals surface area contributed by atoms with Crippen LogP contribution in [-0.2, 0) is 0 Å². The predicted octanol–water partition coefficient (Wildman–Crippen LogP) is 3.41. The molecular formula is C20H41N3. The predicted molar refractivity (Wildman–Crippen MR) is 101 cm³/mol. The van der Waals surface area contributed by atoms with Gasteiger partial charge in [-0.05, 0) is 69.6 Å². The van der Waals surface area contributed by atoms with E-state index in [9.17, 15) is 0 Å². The van der Waals surface area contributed by atoms with Gasteiger partial charge < -0.3 is 14.7 Å². The van der Waals surface area contributed by atoms with Crippen LogP contribution < -0.4 is 0 Å². The number of rotatable bonds is 8. The van der Waals surface area contributed by atoms with E-state index in [-0.39, 0.29) is 0 Å². The summed E-state index contributed by atoms with van der Waals surface area (Å²) in [5.41, 5.74) is 0. The van der Waals surface area contributed by atoms with Gasteiger partial charge in [-0.1, -0.05) is 27.7 Å². The van der Waals surface area contributed by atoms with E-state index in [4.69, 9.17) is 0 Å². The fourth-order valence-electron chi connectivity index (χ4n) is 4.02. The van der Waals surface area contributed by atoms with Crippen molar-refractivity contribution in [3.05, 3.63) is 0 Å². The molecule has 136 valence electrons. The van der Waals surface area contributed by atoms with Gasteiger partial charge in [0, 0.05) is 32.7 Å². The lowest BCUT2D eigenvalue weighted by atomic mass is 9.93. The summed E-state index contributed by atoms with van der Waals surface area (Å²) in [6, 6.07) is 0. The lowest BCUT2D eigenvalue weighted by Gasteiger charge is -2.37. The molecule has 0 atom stereocenters. The highest BCUT2D eigenvalue weighted by atomic mass is 15.3. The first-order valence-electron chi connectivity index (χ1n) is 10.2. The van der Waals surface area contributed by atoms with E-state index in [1.54, 1.807) is 0 Å². The average Bonchev–Trinajstić information content (AvgIpc) is 2.53. The highest BCUT2D eigenvalue weighted by Crippen LogP contribution is 2.21. The smallest absolute Gasteiger partial charge is 0.0110 e. The maximum Gasteiger partial charge on any atom is 0.0110 e. The standard InChI is InChI=1S/C20H41N3/c1-18(2)5-9-21-10-6-20(7-11-21)8-12-22-13-15-23(16-14-22)17-19(3)4/h18-20H,5-17H2,1-4H3. The lowest BCUT2D eigenvalue weighted by Crippen LogP contribution is -2.47. The van der Waals surface area contributed by atoms with Crippen LogP contribution in [0.3, 0.4) is 0 Å². The molecule has 0 saturated carbocycles. The molecular weight excluding hydrogens is 282 g/mol. The number of hydrogen-bond acceptors (Lipinski definition) is 3. The summed E-state index contributed by atoms with van der Waals surface area (Å²) in [6.45, 7) is 21.1. The summed E-state index contributed by atoms with van der Waals surface area (Å²) >= 11 is 0. The topological polar surface area (TPSA) is 9.72 Å². The monoisotopic (exact) mass is 323 g/mol. The van der Waals surface area contributed by atoms with Gasteiger partial charge >= 0.3 is 0 Å². The molecule has 2 saturated heterocycles. The molecule has 0 unspecified atom stereocenters. The molecule has 2 fully saturated rings. The van der Waals surface area contributed by atoms with Gasteiger partial charge in [0.1, 0.15) is 0 Å². The number of piperidine rings is 1. The van der Waals surface area contributed by atoms with E-state index >= 15 is 0 Å². The zero-order valence-corrected chi connectivity index (χ0v) is 16.3. The first-order valence-corrected chi connectivity index (χ1v) is 10.2. The molecule has 2 aliphatic heterocycles.